The number of Topliss-reactive ketones (excluding diaryl/α,β-unsaturated/α-hetero) is 1. The van der Waals surface area contributed by atoms with Gasteiger partial charge in [-0.15, -0.1) is 0 Å². The highest BCUT2D eigenvalue weighted by molar-refractivity contribution is 6.35. The van der Waals surface area contributed by atoms with Crippen LogP contribution in [0.25, 0.3) is 0 Å². The summed E-state index contributed by atoms with van der Waals surface area (Å²) in [6, 6.07) is 14.1. The van der Waals surface area contributed by atoms with Crippen molar-refractivity contribution < 1.29 is 23.7 Å². The molecule has 0 saturated carbocycles. The Bertz CT molecular complexity index is 1450. The largest absolute Gasteiger partial charge is 0.618 e. The molecule has 5 rings (SSSR count). The van der Waals surface area contributed by atoms with Gasteiger partial charge in [0.05, 0.1) is 30.2 Å². The van der Waals surface area contributed by atoms with Gasteiger partial charge < -0.3 is 24.0 Å². The molecule has 1 aliphatic carbocycles. The van der Waals surface area contributed by atoms with E-state index in [9.17, 15) is 10.0 Å². The summed E-state index contributed by atoms with van der Waals surface area (Å²) >= 11 is 12.6. The van der Waals surface area contributed by atoms with Crippen LogP contribution in [0.2, 0.25) is 10.0 Å². The number of rotatable bonds is 11. The molecule has 1 aromatic heterocycles. The number of ether oxygens (including phenoxy) is 3. The van der Waals surface area contributed by atoms with Crippen molar-refractivity contribution in [3.8, 4) is 17.2 Å². The fourth-order valence-electron chi connectivity index (χ4n) is 5.55. The first kappa shape index (κ1) is 29.1. The number of benzene rings is 2. The Labute approximate surface area is 250 Å². The number of fused-ring (bicyclic) bond motifs is 2. The molecule has 2 aliphatic rings. The summed E-state index contributed by atoms with van der Waals surface area (Å²) in [5.41, 5.74) is 1.96. The lowest BCUT2D eigenvalue weighted by Gasteiger charge is -2.28. The van der Waals surface area contributed by atoms with Crippen LogP contribution in [0.1, 0.15) is 61.5 Å². The van der Waals surface area contributed by atoms with Gasteiger partial charge >= 0.3 is 0 Å². The van der Waals surface area contributed by atoms with E-state index in [2.05, 4.69) is 6.92 Å². The van der Waals surface area contributed by atoms with Crippen LogP contribution in [0, 0.1) is 17.0 Å². The molecule has 0 spiro atoms. The summed E-state index contributed by atoms with van der Waals surface area (Å²) in [5.74, 6) is 0.484. The van der Waals surface area contributed by atoms with E-state index in [0.717, 1.165) is 42.5 Å². The summed E-state index contributed by atoms with van der Waals surface area (Å²) in [6.07, 6.45) is 9.45. The number of ketones is 1. The molecule has 0 fully saturated rings. The van der Waals surface area contributed by atoms with Crippen LogP contribution in [0.3, 0.4) is 0 Å². The third-order valence-corrected chi connectivity index (χ3v) is 8.19. The molecule has 0 saturated heterocycles. The number of nitrogens with zero attached hydrogens (tertiary/aromatic N) is 2. The van der Waals surface area contributed by atoms with Gasteiger partial charge in [-0.1, -0.05) is 73.3 Å². The Morgan fingerprint density at radius 1 is 1.15 bits per heavy atom. The number of halogens is 2. The normalized spacial score (nSPS) is 17.7. The summed E-state index contributed by atoms with van der Waals surface area (Å²) < 4.78 is 21.7. The topological polar surface area (TPSA) is 75.8 Å². The number of methoxy groups -OCH3 is 1. The number of carbonyl (C=O) groups excluding carboxylic acids is 1. The summed E-state index contributed by atoms with van der Waals surface area (Å²) in [7, 11) is 1.54. The van der Waals surface area contributed by atoms with Crippen LogP contribution in [-0.4, -0.2) is 34.7 Å². The molecule has 0 N–H and O–H groups in total. The smallest absolute Gasteiger partial charge is 0.251 e. The zero-order chi connectivity index (χ0) is 28.9. The van der Waals surface area contributed by atoms with Gasteiger partial charge in [0.15, 0.2) is 28.7 Å². The molecule has 2 heterocycles. The lowest BCUT2D eigenvalue weighted by molar-refractivity contribution is -0.406. The molecule has 3 atom stereocenters. The quantitative estimate of drug-likeness (QED) is 0.0972. The van der Waals surface area contributed by atoms with Crippen LogP contribution in [0.4, 0.5) is 0 Å². The van der Waals surface area contributed by atoms with Crippen molar-refractivity contribution in [2.45, 2.75) is 58.3 Å². The van der Waals surface area contributed by atoms with E-state index in [1.165, 1.54) is 0 Å². The highest BCUT2D eigenvalue weighted by atomic mass is 35.5. The number of hydroxylamine groups is 1. The third kappa shape index (κ3) is 6.41. The van der Waals surface area contributed by atoms with Crippen molar-refractivity contribution in [2.75, 3.05) is 7.11 Å². The van der Waals surface area contributed by atoms with Crippen LogP contribution < -0.4 is 14.2 Å². The maximum absolute atomic E-state index is 13.9. The summed E-state index contributed by atoms with van der Waals surface area (Å²) in [4.78, 5) is 13.9. The summed E-state index contributed by atoms with van der Waals surface area (Å²) in [6.45, 7) is 2.69. The number of unbranched alkanes of at least 4 members (excludes halogenated alkanes) is 1. The van der Waals surface area contributed by atoms with Gasteiger partial charge in [-0.25, -0.2) is 0 Å². The first-order valence-corrected chi connectivity index (χ1v) is 14.8. The highest BCUT2D eigenvalue weighted by Crippen LogP contribution is 2.40. The van der Waals surface area contributed by atoms with Gasteiger partial charge in [-0.3, -0.25) is 4.79 Å². The van der Waals surface area contributed by atoms with Crippen LogP contribution in [-0.2, 0) is 6.54 Å². The average Bonchev–Trinajstić information content (AvgIpc) is 3.22. The first-order chi connectivity index (χ1) is 19.9. The number of allylic oxidation sites excluding steroid dienone is 2. The lowest BCUT2D eigenvalue weighted by Crippen LogP contribution is -2.38. The minimum Gasteiger partial charge on any atom is -0.618 e. The zero-order valence-corrected chi connectivity index (χ0v) is 24.7. The van der Waals surface area contributed by atoms with E-state index >= 15 is 0 Å². The molecule has 9 heteroatoms. The van der Waals surface area contributed by atoms with Gasteiger partial charge in [-0.2, -0.15) is 4.74 Å². The van der Waals surface area contributed by atoms with Crippen molar-refractivity contribution in [3.05, 3.63) is 93.0 Å². The molecule has 0 bridgehead atoms. The molecule has 2 unspecified atom stereocenters. The molecular weight excluding hydrogens is 563 g/mol. The van der Waals surface area contributed by atoms with E-state index in [4.69, 9.17) is 37.4 Å². The van der Waals surface area contributed by atoms with Crippen LogP contribution in [0.5, 0.6) is 17.2 Å². The van der Waals surface area contributed by atoms with E-state index < -0.39 is 12.2 Å². The number of hydrogen-bond donors (Lipinski definition) is 0. The van der Waals surface area contributed by atoms with Gasteiger partial charge in [0.1, 0.15) is 5.75 Å². The van der Waals surface area contributed by atoms with Crippen LogP contribution in [0.15, 0.2) is 66.5 Å². The summed E-state index contributed by atoms with van der Waals surface area (Å²) in [5, 5.41) is 13.8. The van der Waals surface area contributed by atoms with Crippen LogP contribution >= 0.6 is 23.2 Å². The average molecular weight is 598 g/mol. The molecule has 0 radical (unpaired) electrons. The van der Waals surface area contributed by atoms with Crippen molar-refractivity contribution in [2.24, 2.45) is 11.8 Å². The fraction of sp³-hybridized carbons (Fsp3) is 0.375. The SMILES string of the molecule is CCCCC(C(=O)c1ccccc1)C(Oc1ccc(Cl)cc1Cl)Oc1cn2c(c1OC)C=[N+]([O-])C1=CCCC[C@H]1C2. The Morgan fingerprint density at radius 2 is 1.93 bits per heavy atom. The van der Waals surface area contributed by atoms with Crippen molar-refractivity contribution in [1.29, 1.82) is 0 Å². The van der Waals surface area contributed by atoms with Crippen molar-refractivity contribution >= 4 is 35.2 Å². The number of aromatic nitrogens is 1. The molecule has 41 heavy (non-hydrogen) atoms. The highest BCUT2D eigenvalue weighted by Gasteiger charge is 2.36. The molecule has 3 aromatic rings. The monoisotopic (exact) mass is 596 g/mol. The minimum atomic E-state index is -1.04. The van der Waals surface area contributed by atoms with Gasteiger partial charge in [0.2, 0.25) is 6.21 Å². The lowest BCUT2D eigenvalue weighted by atomic mass is 9.92. The molecule has 0 amide bonds. The van der Waals surface area contributed by atoms with Gasteiger partial charge in [0.25, 0.3) is 6.29 Å². The van der Waals surface area contributed by atoms with E-state index in [-0.39, 0.29) is 11.7 Å². The second-order valence-electron chi connectivity index (χ2n) is 10.4. The molecule has 7 nitrogen and oxygen atoms in total. The van der Waals surface area contributed by atoms with E-state index in [0.29, 0.717) is 51.5 Å². The molecule has 216 valence electrons. The zero-order valence-electron chi connectivity index (χ0n) is 23.2. The Kier molecular flexibility index (Phi) is 9.25. The van der Waals surface area contributed by atoms with Crippen molar-refractivity contribution in [3.63, 3.8) is 0 Å². The molecule has 1 aliphatic heterocycles. The van der Waals surface area contributed by atoms with E-state index in [1.807, 2.05) is 35.0 Å². The van der Waals surface area contributed by atoms with Gasteiger partial charge in [0, 0.05) is 17.1 Å². The third-order valence-electron chi connectivity index (χ3n) is 7.66. The number of carbonyl (C=O) groups is 1. The number of hydrogen-bond acceptors (Lipinski definition) is 5. The molecule has 2 aromatic carbocycles. The maximum atomic E-state index is 13.9. The van der Waals surface area contributed by atoms with Crippen molar-refractivity contribution in [1.82, 2.24) is 4.57 Å². The van der Waals surface area contributed by atoms with Gasteiger partial charge in [-0.05, 0) is 50.0 Å². The second-order valence-corrected chi connectivity index (χ2v) is 11.3. The second kappa shape index (κ2) is 13.0. The fourth-order valence-corrected chi connectivity index (χ4v) is 6.00. The predicted octanol–water partition coefficient (Wildman–Crippen LogP) is 7.90. The predicted molar refractivity (Wildman–Crippen MR) is 160 cm³/mol. The Balaban J connectivity index is 1.56. The minimum absolute atomic E-state index is 0.0943. The Hall–Kier alpha value is -3.42. The maximum Gasteiger partial charge on any atom is 0.251 e. The Morgan fingerprint density at radius 3 is 2.66 bits per heavy atom. The molecular formula is C32H34Cl2N2O5. The van der Waals surface area contributed by atoms with E-state index in [1.54, 1.807) is 43.7 Å². The first-order valence-electron chi connectivity index (χ1n) is 14.1. The standard InChI is InChI=1S/C32H34Cl2N2O5/c1-3-4-13-24(30(37)21-10-6-5-7-11-21)32(40-28-16-15-23(33)17-25(28)34)41-29-20-35-18-22-12-8-9-14-26(22)36(38)19-27(35)31(29)39-2/h5-7,10-11,14-17,19-20,22,24,32H,3-4,8-9,12-13,18H2,1-2H3/t22-,24?,32?/m0/s1.